The molecule has 1 aliphatic heterocycles. The van der Waals surface area contributed by atoms with Crippen LogP contribution >= 0.6 is 0 Å². The number of nitrogens with zero attached hydrogens (tertiary/aromatic N) is 5. The summed E-state index contributed by atoms with van der Waals surface area (Å²) in [5.74, 6) is 0.741. The number of hydrogen-bond donors (Lipinski definition) is 1. The lowest BCUT2D eigenvalue weighted by Gasteiger charge is -2.33. The summed E-state index contributed by atoms with van der Waals surface area (Å²) in [6.07, 6.45) is 1.42. The first-order chi connectivity index (χ1) is 11.8. The van der Waals surface area contributed by atoms with Gasteiger partial charge in [0, 0.05) is 43.7 Å². The minimum absolute atomic E-state index is 0.143. The highest BCUT2D eigenvalue weighted by molar-refractivity contribution is 6.02. The van der Waals surface area contributed by atoms with E-state index in [1.807, 2.05) is 20.8 Å². The summed E-state index contributed by atoms with van der Waals surface area (Å²) in [5.41, 5.74) is 0.942. The highest BCUT2D eigenvalue weighted by atomic mass is 16.5. The summed E-state index contributed by atoms with van der Waals surface area (Å²) in [6, 6.07) is 3.45. The van der Waals surface area contributed by atoms with Crippen LogP contribution < -0.4 is 10.2 Å². The highest BCUT2D eigenvalue weighted by Crippen LogP contribution is 2.24. The molecule has 0 saturated carbocycles. The summed E-state index contributed by atoms with van der Waals surface area (Å²) in [4.78, 5) is 25.2. The molecule has 2 aromatic rings. The lowest BCUT2D eigenvalue weighted by atomic mass is 9.92. The summed E-state index contributed by atoms with van der Waals surface area (Å²) in [7, 11) is 2.10. The molecule has 1 N–H and O–H groups in total. The highest BCUT2D eigenvalue weighted by Gasteiger charge is 2.21. The first kappa shape index (κ1) is 17.3. The number of hydrogen-bond acceptors (Lipinski definition) is 7. The maximum atomic E-state index is 12.4. The van der Waals surface area contributed by atoms with Gasteiger partial charge in [0.05, 0.1) is 5.69 Å². The van der Waals surface area contributed by atoms with Gasteiger partial charge in [-0.05, 0) is 7.05 Å². The fourth-order valence-electron chi connectivity index (χ4n) is 2.54. The van der Waals surface area contributed by atoms with Crippen molar-refractivity contribution in [2.75, 3.05) is 43.4 Å². The monoisotopic (exact) mass is 344 g/mol. The van der Waals surface area contributed by atoms with Crippen molar-refractivity contribution in [3.05, 3.63) is 29.8 Å². The molecule has 134 valence electrons. The molecule has 0 aliphatic carbocycles. The molecule has 1 fully saturated rings. The van der Waals surface area contributed by atoms with E-state index < -0.39 is 0 Å². The number of anilines is 2. The summed E-state index contributed by atoms with van der Waals surface area (Å²) in [6.45, 7) is 9.80. The Balaban J connectivity index is 1.70. The van der Waals surface area contributed by atoms with Crippen LogP contribution in [0.5, 0.6) is 0 Å². The normalized spacial score (nSPS) is 16.1. The Morgan fingerprint density at radius 1 is 1.16 bits per heavy atom. The van der Waals surface area contributed by atoms with Crippen molar-refractivity contribution in [1.82, 2.24) is 20.0 Å². The van der Waals surface area contributed by atoms with Gasteiger partial charge in [0.25, 0.3) is 5.91 Å². The third kappa shape index (κ3) is 4.14. The van der Waals surface area contributed by atoms with Gasteiger partial charge < -0.3 is 14.3 Å². The van der Waals surface area contributed by atoms with Crippen LogP contribution in [-0.4, -0.2) is 59.2 Å². The van der Waals surface area contributed by atoms with Crippen molar-refractivity contribution in [2.45, 2.75) is 26.2 Å². The van der Waals surface area contributed by atoms with E-state index in [-0.39, 0.29) is 11.3 Å². The van der Waals surface area contributed by atoms with Gasteiger partial charge in [0.15, 0.2) is 0 Å². The maximum absolute atomic E-state index is 12.4. The number of likely N-dealkylation sites (N-methyl/N-ethyl adjacent to an activating group) is 1. The number of nitrogens with one attached hydrogen (secondary N) is 1. The van der Waals surface area contributed by atoms with Crippen LogP contribution in [0.25, 0.3) is 0 Å². The molecule has 8 nitrogen and oxygen atoms in total. The van der Waals surface area contributed by atoms with Crippen LogP contribution in [0.1, 0.15) is 37.0 Å². The molecule has 25 heavy (non-hydrogen) atoms. The zero-order chi connectivity index (χ0) is 18.0. The Labute approximate surface area is 147 Å². The fourth-order valence-corrected chi connectivity index (χ4v) is 2.54. The zero-order valence-electron chi connectivity index (χ0n) is 15.1. The van der Waals surface area contributed by atoms with Crippen LogP contribution in [0, 0.1) is 0 Å². The lowest BCUT2D eigenvalue weighted by molar-refractivity contribution is 0.101. The molecular formula is C17H24N6O2. The van der Waals surface area contributed by atoms with Gasteiger partial charge in [-0.25, -0.2) is 9.97 Å². The van der Waals surface area contributed by atoms with Gasteiger partial charge >= 0.3 is 0 Å². The molecule has 3 heterocycles. The largest absolute Gasteiger partial charge is 0.354 e. The van der Waals surface area contributed by atoms with Crippen molar-refractivity contribution < 1.29 is 9.32 Å². The Hall–Kier alpha value is -2.48. The smallest absolute Gasteiger partial charge is 0.276 e. The average molecular weight is 344 g/mol. The van der Waals surface area contributed by atoms with Gasteiger partial charge in [-0.1, -0.05) is 25.9 Å². The first-order valence-corrected chi connectivity index (χ1v) is 8.37. The van der Waals surface area contributed by atoms with Crippen LogP contribution in [0.15, 0.2) is 23.0 Å². The average Bonchev–Trinajstić information content (AvgIpc) is 3.04. The molecule has 0 aromatic carbocycles. The van der Waals surface area contributed by atoms with Crippen molar-refractivity contribution in [3.8, 4) is 0 Å². The molecule has 3 rings (SSSR count). The van der Waals surface area contributed by atoms with E-state index in [0.717, 1.165) is 37.7 Å². The molecule has 0 atom stereocenters. The molecule has 0 radical (unpaired) electrons. The van der Waals surface area contributed by atoms with Crippen LogP contribution in [0.2, 0.25) is 0 Å². The molecule has 0 unspecified atom stereocenters. The van der Waals surface area contributed by atoms with Gasteiger partial charge in [0.1, 0.15) is 17.8 Å². The minimum atomic E-state index is -0.339. The number of amides is 1. The van der Waals surface area contributed by atoms with E-state index in [9.17, 15) is 4.79 Å². The SMILES string of the molecule is CN1CCN(c2cc(C(=O)Nc3cc(C(C)(C)C)no3)ncn2)CC1. The quantitative estimate of drug-likeness (QED) is 0.908. The van der Waals surface area contributed by atoms with Crippen LogP contribution in [0.4, 0.5) is 11.7 Å². The Bertz CT molecular complexity index is 744. The second-order valence-corrected chi connectivity index (χ2v) is 7.33. The second-order valence-electron chi connectivity index (χ2n) is 7.33. The van der Waals surface area contributed by atoms with Crippen LogP contribution in [-0.2, 0) is 5.41 Å². The summed E-state index contributed by atoms with van der Waals surface area (Å²) >= 11 is 0. The summed E-state index contributed by atoms with van der Waals surface area (Å²) in [5, 5.41) is 6.70. The molecule has 2 aromatic heterocycles. The van der Waals surface area contributed by atoms with E-state index >= 15 is 0 Å². The lowest BCUT2D eigenvalue weighted by Crippen LogP contribution is -2.44. The van der Waals surface area contributed by atoms with E-state index in [2.05, 4.69) is 37.3 Å². The van der Waals surface area contributed by atoms with Gasteiger partial charge in [-0.2, -0.15) is 0 Å². The predicted octanol–water partition coefficient (Wildman–Crippen LogP) is 1.77. The zero-order valence-corrected chi connectivity index (χ0v) is 15.1. The molecular weight excluding hydrogens is 320 g/mol. The summed E-state index contributed by atoms with van der Waals surface area (Å²) < 4.78 is 5.20. The van der Waals surface area contributed by atoms with E-state index in [1.54, 1.807) is 12.1 Å². The molecule has 1 saturated heterocycles. The molecule has 0 spiro atoms. The molecule has 1 aliphatic rings. The topological polar surface area (TPSA) is 87.4 Å². The maximum Gasteiger partial charge on any atom is 0.276 e. The Kier molecular flexibility index (Phi) is 4.71. The van der Waals surface area contributed by atoms with Crippen molar-refractivity contribution in [3.63, 3.8) is 0 Å². The number of rotatable bonds is 3. The molecule has 1 amide bonds. The predicted molar refractivity (Wildman–Crippen MR) is 94.9 cm³/mol. The van der Waals surface area contributed by atoms with Crippen molar-refractivity contribution >= 4 is 17.6 Å². The third-order valence-electron chi connectivity index (χ3n) is 4.23. The van der Waals surface area contributed by atoms with Crippen molar-refractivity contribution in [2.24, 2.45) is 0 Å². The fraction of sp³-hybridized carbons (Fsp3) is 0.529. The van der Waals surface area contributed by atoms with E-state index in [4.69, 9.17) is 4.52 Å². The standard InChI is InChI=1S/C17H24N6O2/c1-17(2,3)13-10-15(25-21-13)20-16(24)12-9-14(19-11-18-12)23-7-5-22(4)6-8-23/h9-11H,5-8H2,1-4H3,(H,20,24). The number of carbonyl (C=O) groups is 1. The Morgan fingerprint density at radius 3 is 2.52 bits per heavy atom. The number of aromatic nitrogens is 3. The van der Waals surface area contributed by atoms with Crippen molar-refractivity contribution in [1.29, 1.82) is 0 Å². The van der Waals surface area contributed by atoms with E-state index in [1.165, 1.54) is 6.33 Å². The minimum Gasteiger partial charge on any atom is -0.354 e. The van der Waals surface area contributed by atoms with Gasteiger partial charge in [0.2, 0.25) is 5.88 Å². The second kappa shape index (κ2) is 6.79. The Morgan fingerprint density at radius 2 is 1.88 bits per heavy atom. The molecule has 0 bridgehead atoms. The third-order valence-corrected chi connectivity index (χ3v) is 4.23. The van der Waals surface area contributed by atoms with Crippen LogP contribution in [0.3, 0.4) is 0 Å². The van der Waals surface area contributed by atoms with Gasteiger partial charge in [-0.3, -0.25) is 10.1 Å². The number of carbonyl (C=O) groups excluding carboxylic acids is 1. The molecule has 8 heteroatoms. The van der Waals surface area contributed by atoms with Gasteiger partial charge in [-0.15, -0.1) is 0 Å². The first-order valence-electron chi connectivity index (χ1n) is 8.37. The number of piperazine rings is 1. The van der Waals surface area contributed by atoms with E-state index in [0.29, 0.717) is 11.6 Å².